The van der Waals surface area contributed by atoms with Crippen molar-refractivity contribution >= 4 is 5.91 Å². The van der Waals surface area contributed by atoms with Crippen LogP contribution in [0.25, 0.3) is 11.3 Å². The first kappa shape index (κ1) is 18.4. The van der Waals surface area contributed by atoms with E-state index in [1.165, 1.54) is 0 Å². The van der Waals surface area contributed by atoms with Gasteiger partial charge in [0, 0.05) is 30.3 Å². The van der Waals surface area contributed by atoms with Crippen molar-refractivity contribution in [2.75, 3.05) is 40.8 Å². The van der Waals surface area contributed by atoms with Gasteiger partial charge in [-0.05, 0) is 63.3 Å². The van der Waals surface area contributed by atoms with Crippen LogP contribution in [0.3, 0.4) is 0 Å². The van der Waals surface area contributed by atoms with Crippen molar-refractivity contribution in [2.45, 2.75) is 18.8 Å². The summed E-state index contributed by atoms with van der Waals surface area (Å²) in [6.45, 7) is 2.07. The van der Waals surface area contributed by atoms with Crippen LogP contribution in [0.5, 0.6) is 5.75 Å². The lowest BCUT2D eigenvalue weighted by molar-refractivity contribution is -0.133. The maximum atomic E-state index is 12.4. The Bertz CT molecular complexity index is 743. The third-order valence-corrected chi connectivity index (χ3v) is 4.80. The number of hydrogen-bond acceptors (Lipinski definition) is 4. The van der Waals surface area contributed by atoms with Gasteiger partial charge in [0.05, 0.1) is 19.3 Å². The van der Waals surface area contributed by atoms with E-state index in [4.69, 9.17) is 9.72 Å². The topological polar surface area (TPSA) is 45.7 Å². The Morgan fingerprint density at radius 3 is 2.69 bits per heavy atom. The summed E-state index contributed by atoms with van der Waals surface area (Å²) in [5, 5.41) is 0. The molecule has 0 saturated carbocycles. The molecule has 1 aromatic carbocycles. The molecule has 3 rings (SSSR count). The number of amides is 1. The highest BCUT2D eigenvalue weighted by atomic mass is 16.5. The minimum atomic E-state index is 0.200. The molecule has 1 aromatic heterocycles. The second kappa shape index (κ2) is 8.32. The Morgan fingerprint density at radius 2 is 2.00 bits per heavy atom. The van der Waals surface area contributed by atoms with Crippen LogP contribution in [0.2, 0.25) is 0 Å². The summed E-state index contributed by atoms with van der Waals surface area (Å²) in [4.78, 5) is 21.2. The van der Waals surface area contributed by atoms with Gasteiger partial charge in [0.2, 0.25) is 5.91 Å². The van der Waals surface area contributed by atoms with E-state index in [2.05, 4.69) is 12.1 Å². The van der Waals surface area contributed by atoms with E-state index in [1.54, 1.807) is 7.11 Å². The number of pyridine rings is 1. The molecular weight excluding hydrogens is 326 g/mol. The largest absolute Gasteiger partial charge is 0.497 e. The highest BCUT2D eigenvalue weighted by Gasteiger charge is 2.25. The number of carbonyl (C=O) groups excluding carboxylic acids is 1. The molecule has 5 nitrogen and oxygen atoms in total. The third kappa shape index (κ3) is 4.41. The van der Waals surface area contributed by atoms with E-state index in [0.717, 1.165) is 48.6 Å². The first-order valence-electron chi connectivity index (χ1n) is 9.10. The molecule has 2 heterocycles. The highest BCUT2D eigenvalue weighted by Crippen LogP contribution is 2.28. The minimum Gasteiger partial charge on any atom is -0.497 e. The van der Waals surface area contributed by atoms with E-state index in [9.17, 15) is 4.79 Å². The minimum absolute atomic E-state index is 0.200. The molecule has 0 radical (unpaired) electrons. The van der Waals surface area contributed by atoms with Gasteiger partial charge in [-0.2, -0.15) is 0 Å². The first-order valence-corrected chi connectivity index (χ1v) is 9.10. The van der Waals surface area contributed by atoms with Crippen LogP contribution in [0.1, 0.15) is 24.5 Å². The number of hydrogen-bond donors (Lipinski definition) is 0. The first-order chi connectivity index (χ1) is 12.6. The fourth-order valence-corrected chi connectivity index (χ4v) is 3.42. The smallest absolute Gasteiger partial charge is 0.236 e. The molecule has 1 unspecified atom stereocenters. The summed E-state index contributed by atoms with van der Waals surface area (Å²) in [7, 11) is 5.53. The van der Waals surface area contributed by atoms with Gasteiger partial charge in [0.1, 0.15) is 5.75 Å². The predicted octanol–water partition coefficient (Wildman–Crippen LogP) is 3.02. The number of benzene rings is 1. The number of ether oxygens (including phenoxy) is 1. The lowest BCUT2D eigenvalue weighted by Crippen LogP contribution is -2.43. The van der Waals surface area contributed by atoms with E-state index in [-0.39, 0.29) is 5.91 Å². The highest BCUT2D eigenvalue weighted by molar-refractivity contribution is 5.78. The summed E-state index contributed by atoms with van der Waals surface area (Å²) >= 11 is 0. The number of piperidine rings is 1. The molecule has 1 atom stereocenters. The maximum absolute atomic E-state index is 12.4. The molecule has 26 heavy (non-hydrogen) atoms. The third-order valence-electron chi connectivity index (χ3n) is 4.80. The van der Waals surface area contributed by atoms with Gasteiger partial charge in [-0.15, -0.1) is 0 Å². The van der Waals surface area contributed by atoms with Gasteiger partial charge in [0.25, 0.3) is 0 Å². The fraction of sp³-hybridized carbons (Fsp3) is 0.429. The molecule has 0 spiro atoms. The Hall–Kier alpha value is -2.40. The quantitative estimate of drug-likeness (QED) is 0.829. The molecule has 1 aliphatic rings. The number of likely N-dealkylation sites (N-methyl/N-ethyl adjacent to an activating group) is 1. The van der Waals surface area contributed by atoms with E-state index in [1.807, 2.05) is 54.2 Å². The van der Waals surface area contributed by atoms with Crippen molar-refractivity contribution < 1.29 is 9.53 Å². The Kier molecular flexibility index (Phi) is 5.89. The zero-order valence-corrected chi connectivity index (χ0v) is 15.8. The van der Waals surface area contributed by atoms with Gasteiger partial charge in [-0.1, -0.05) is 6.07 Å². The molecule has 0 bridgehead atoms. The maximum Gasteiger partial charge on any atom is 0.236 e. The van der Waals surface area contributed by atoms with Crippen LogP contribution < -0.4 is 4.74 Å². The number of methoxy groups -OCH3 is 1. The second-order valence-corrected chi connectivity index (χ2v) is 7.09. The molecular formula is C21H27N3O2. The normalized spacial score (nSPS) is 17.4. The molecule has 5 heteroatoms. The van der Waals surface area contributed by atoms with Crippen molar-refractivity contribution in [1.29, 1.82) is 0 Å². The van der Waals surface area contributed by atoms with Crippen LogP contribution in [-0.2, 0) is 4.79 Å². The zero-order chi connectivity index (χ0) is 18.5. The average molecular weight is 353 g/mol. The molecule has 2 aromatic rings. The van der Waals surface area contributed by atoms with Crippen LogP contribution in [0.4, 0.5) is 0 Å². The molecule has 1 amide bonds. The molecule has 0 aliphatic carbocycles. The van der Waals surface area contributed by atoms with E-state index in [0.29, 0.717) is 12.5 Å². The van der Waals surface area contributed by atoms with E-state index >= 15 is 0 Å². The standard InChI is InChI=1S/C21H27N3O2/c1-23(2)15-21(25)24-13-5-6-17(14-24)20-8-4-7-19(22-20)16-9-11-18(26-3)12-10-16/h4,7-12,17H,5-6,13-15H2,1-3H3. The second-order valence-electron chi connectivity index (χ2n) is 7.09. The number of nitrogens with zero attached hydrogens (tertiary/aromatic N) is 3. The van der Waals surface area contributed by atoms with Gasteiger partial charge >= 0.3 is 0 Å². The molecule has 0 N–H and O–H groups in total. The number of carbonyl (C=O) groups is 1. The summed E-state index contributed by atoms with van der Waals surface area (Å²) < 4.78 is 5.22. The summed E-state index contributed by atoms with van der Waals surface area (Å²) in [5.74, 6) is 1.34. The molecule has 1 saturated heterocycles. The molecule has 1 aliphatic heterocycles. The van der Waals surface area contributed by atoms with Crippen LogP contribution in [0, 0.1) is 0 Å². The fourth-order valence-electron chi connectivity index (χ4n) is 3.42. The van der Waals surface area contributed by atoms with Gasteiger partial charge in [-0.25, -0.2) is 0 Å². The summed E-state index contributed by atoms with van der Waals surface area (Å²) in [6, 6.07) is 14.1. The number of rotatable bonds is 5. The van der Waals surface area contributed by atoms with Crippen molar-refractivity contribution in [2.24, 2.45) is 0 Å². The Morgan fingerprint density at radius 1 is 1.23 bits per heavy atom. The lowest BCUT2D eigenvalue weighted by Gasteiger charge is -2.33. The van der Waals surface area contributed by atoms with Crippen molar-refractivity contribution in [3.8, 4) is 17.0 Å². The average Bonchev–Trinajstić information content (AvgIpc) is 2.68. The van der Waals surface area contributed by atoms with Gasteiger partial charge in [-0.3, -0.25) is 9.78 Å². The molecule has 1 fully saturated rings. The van der Waals surface area contributed by atoms with Crippen LogP contribution >= 0.6 is 0 Å². The Labute approximate surface area is 155 Å². The van der Waals surface area contributed by atoms with Crippen LogP contribution in [0.15, 0.2) is 42.5 Å². The number of likely N-dealkylation sites (tertiary alicyclic amines) is 1. The zero-order valence-electron chi connectivity index (χ0n) is 15.8. The van der Waals surface area contributed by atoms with Crippen molar-refractivity contribution in [3.63, 3.8) is 0 Å². The lowest BCUT2D eigenvalue weighted by atomic mass is 9.93. The van der Waals surface area contributed by atoms with E-state index < -0.39 is 0 Å². The summed E-state index contributed by atoms with van der Waals surface area (Å²) in [6.07, 6.45) is 2.10. The van der Waals surface area contributed by atoms with Gasteiger partial charge in [0.15, 0.2) is 0 Å². The molecule has 138 valence electrons. The van der Waals surface area contributed by atoms with Crippen LogP contribution in [-0.4, -0.2) is 61.5 Å². The SMILES string of the molecule is COc1ccc(-c2cccc(C3CCCN(C(=O)CN(C)C)C3)n2)cc1. The Balaban J connectivity index is 1.75. The monoisotopic (exact) mass is 353 g/mol. The summed E-state index contributed by atoms with van der Waals surface area (Å²) in [5.41, 5.74) is 3.10. The van der Waals surface area contributed by atoms with Crippen molar-refractivity contribution in [3.05, 3.63) is 48.2 Å². The predicted molar refractivity (Wildman–Crippen MR) is 103 cm³/mol. The number of aromatic nitrogens is 1. The van der Waals surface area contributed by atoms with Crippen molar-refractivity contribution in [1.82, 2.24) is 14.8 Å². The van der Waals surface area contributed by atoms with Gasteiger partial charge < -0.3 is 14.5 Å².